The van der Waals surface area contributed by atoms with Gasteiger partial charge in [0.25, 0.3) is 0 Å². The molecule has 0 radical (unpaired) electrons. The number of hydrogen-bond donors (Lipinski definition) is 2. The third-order valence-electron chi connectivity index (χ3n) is 3.22. The van der Waals surface area contributed by atoms with Crippen molar-refractivity contribution in [2.75, 3.05) is 11.1 Å². The second kappa shape index (κ2) is 6.38. The van der Waals surface area contributed by atoms with Crippen LogP contribution < -0.4 is 11.1 Å². The second-order valence-corrected chi connectivity index (χ2v) is 6.40. The van der Waals surface area contributed by atoms with E-state index in [-0.39, 0.29) is 0 Å². The summed E-state index contributed by atoms with van der Waals surface area (Å²) < 4.78 is 0. The Bertz CT molecular complexity index is 422. The standard InChI is InChI=1S/C13H19N3S2/c1-2-18-11-7-3-5-9(11)16-10-6-4-8-15-12(10)13(14)17/h4,6,8-9,11,16H,2-3,5,7H2,1H3,(H2,14,17). The van der Waals surface area contributed by atoms with E-state index in [1.807, 2.05) is 23.9 Å². The first-order valence-corrected chi connectivity index (χ1v) is 7.81. The van der Waals surface area contributed by atoms with Crippen LogP contribution in [-0.4, -0.2) is 27.0 Å². The Labute approximate surface area is 118 Å². The maximum atomic E-state index is 5.71. The van der Waals surface area contributed by atoms with Crippen LogP contribution in [0.3, 0.4) is 0 Å². The largest absolute Gasteiger partial charge is 0.388 e. The zero-order chi connectivity index (χ0) is 13.0. The van der Waals surface area contributed by atoms with Crippen LogP contribution in [-0.2, 0) is 0 Å². The summed E-state index contributed by atoms with van der Waals surface area (Å²) in [7, 11) is 0. The lowest BCUT2D eigenvalue weighted by atomic mass is 10.2. The van der Waals surface area contributed by atoms with Crippen molar-refractivity contribution in [1.29, 1.82) is 0 Å². The molecule has 98 valence electrons. The lowest BCUT2D eigenvalue weighted by Gasteiger charge is -2.22. The molecule has 1 saturated carbocycles. The molecule has 2 unspecified atom stereocenters. The quantitative estimate of drug-likeness (QED) is 0.813. The molecule has 0 spiro atoms. The highest BCUT2D eigenvalue weighted by Crippen LogP contribution is 2.32. The van der Waals surface area contributed by atoms with E-state index in [2.05, 4.69) is 17.2 Å². The van der Waals surface area contributed by atoms with Gasteiger partial charge in [0.15, 0.2) is 0 Å². The summed E-state index contributed by atoms with van der Waals surface area (Å²) in [5, 5.41) is 4.26. The molecule has 0 aromatic carbocycles. The monoisotopic (exact) mass is 281 g/mol. The maximum absolute atomic E-state index is 5.71. The van der Waals surface area contributed by atoms with E-state index in [1.165, 1.54) is 19.3 Å². The Hall–Kier alpha value is -0.810. The summed E-state index contributed by atoms with van der Waals surface area (Å²) in [6, 6.07) is 4.43. The molecule has 1 heterocycles. The molecule has 1 fully saturated rings. The van der Waals surface area contributed by atoms with E-state index in [0.29, 0.717) is 22.0 Å². The van der Waals surface area contributed by atoms with Gasteiger partial charge in [0.2, 0.25) is 0 Å². The second-order valence-electron chi connectivity index (χ2n) is 4.44. The number of pyridine rings is 1. The number of nitrogens with zero attached hydrogens (tertiary/aromatic N) is 1. The molecule has 5 heteroatoms. The first kappa shape index (κ1) is 13.6. The van der Waals surface area contributed by atoms with Crippen LogP contribution in [0.15, 0.2) is 18.3 Å². The minimum atomic E-state index is 0.357. The van der Waals surface area contributed by atoms with Crippen LogP contribution in [0.5, 0.6) is 0 Å². The Morgan fingerprint density at radius 3 is 3.17 bits per heavy atom. The van der Waals surface area contributed by atoms with E-state index in [1.54, 1.807) is 6.20 Å². The third-order valence-corrected chi connectivity index (χ3v) is 4.73. The molecule has 18 heavy (non-hydrogen) atoms. The smallest absolute Gasteiger partial charge is 0.124 e. The number of rotatable bonds is 5. The van der Waals surface area contributed by atoms with Crippen LogP contribution in [0.25, 0.3) is 0 Å². The Morgan fingerprint density at radius 2 is 2.44 bits per heavy atom. The number of anilines is 1. The lowest BCUT2D eigenvalue weighted by molar-refractivity contribution is 0.766. The molecule has 3 N–H and O–H groups in total. The Balaban J connectivity index is 2.11. The molecule has 0 amide bonds. The predicted molar refractivity (Wildman–Crippen MR) is 83.3 cm³/mol. The van der Waals surface area contributed by atoms with Gasteiger partial charge in [-0.2, -0.15) is 11.8 Å². The van der Waals surface area contributed by atoms with Crippen molar-refractivity contribution >= 4 is 34.7 Å². The first-order chi connectivity index (χ1) is 8.72. The van der Waals surface area contributed by atoms with E-state index >= 15 is 0 Å². The fourth-order valence-corrected chi connectivity index (χ4v) is 3.78. The molecule has 1 aromatic heterocycles. The van der Waals surface area contributed by atoms with Crippen molar-refractivity contribution in [3.8, 4) is 0 Å². The maximum Gasteiger partial charge on any atom is 0.124 e. The summed E-state index contributed by atoms with van der Waals surface area (Å²) >= 11 is 7.07. The van der Waals surface area contributed by atoms with Crippen LogP contribution >= 0.6 is 24.0 Å². The Morgan fingerprint density at radius 1 is 1.61 bits per heavy atom. The molecule has 0 bridgehead atoms. The molecule has 0 saturated heterocycles. The van der Waals surface area contributed by atoms with Gasteiger partial charge in [-0.1, -0.05) is 25.6 Å². The minimum absolute atomic E-state index is 0.357. The van der Waals surface area contributed by atoms with Crippen molar-refractivity contribution in [2.45, 2.75) is 37.5 Å². The number of nitrogens with one attached hydrogen (secondary N) is 1. The molecule has 2 rings (SSSR count). The highest BCUT2D eigenvalue weighted by atomic mass is 32.2. The zero-order valence-electron chi connectivity index (χ0n) is 10.6. The first-order valence-electron chi connectivity index (χ1n) is 6.35. The fourth-order valence-electron chi connectivity index (χ4n) is 2.42. The topological polar surface area (TPSA) is 50.9 Å². The van der Waals surface area contributed by atoms with Gasteiger partial charge < -0.3 is 11.1 Å². The minimum Gasteiger partial charge on any atom is -0.388 e. The van der Waals surface area contributed by atoms with E-state index in [4.69, 9.17) is 18.0 Å². The fraction of sp³-hybridized carbons (Fsp3) is 0.538. The van der Waals surface area contributed by atoms with Crippen molar-refractivity contribution < 1.29 is 0 Å². The van der Waals surface area contributed by atoms with Gasteiger partial charge in [0.1, 0.15) is 10.7 Å². The molecule has 0 aliphatic heterocycles. The molecule has 1 aliphatic rings. The van der Waals surface area contributed by atoms with E-state index in [9.17, 15) is 0 Å². The van der Waals surface area contributed by atoms with Crippen molar-refractivity contribution in [2.24, 2.45) is 5.73 Å². The summed E-state index contributed by atoms with van der Waals surface area (Å²) in [6.45, 7) is 2.21. The summed E-state index contributed by atoms with van der Waals surface area (Å²) in [4.78, 5) is 4.61. The highest BCUT2D eigenvalue weighted by Gasteiger charge is 2.27. The van der Waals surface area contributed by atoms with E-state index < -0.39 is 0 Å². The van der Waals surface area contributed by atoms with Gasteiger partial charge in [-0.05, 0) is 30.7 Å². The average molecular weight is 281 g/mol. The van der Waals surface area contributed by atoms with Crippen molar-refractivity contribution in [3.05, 3.63) is 24.0 Å². The molecule has 1 aromatic rings. The number of aromatic nitrogens is 1. The van der Waals surface area contributed by atoms with Crippen molar-refractivity contribution in [1.82, 2.24) is 4.98 Å². The normalized spacial score (nSPS) is 22.9. The van der Waals surface area contributed by atoms with Crippen molar-refractivity contribution in [3.63, 3.8) is 0 Å². The van der Waals surface area contributed by atoms with Crippen LogP contribution in [0, 0.1) is 0 Å². The number of thioether (sulfide) groups is 1. The molecular weight excluding hydrogens is 262 g/mol. The predicted octanol–water partition coefficient (Wildman–Crippen LogP) is 2.80. The average Bonchev–Trinajstić information content (AvgIpc) is 2.78. The number of nitrogens with two attached hydrogens (primary N) is 1. The number of hydrogen-bond acceptors (Lipinski definition) is 4. The molecule has 3 nitrogen and oxygen atoms in total. The van der Waals surface area contributed by atoms with Crippen LogP contribution in [0.1, 0.15) is 31.9 Å². The Kier molecular flexibility index (Phi) is 4.83. The number of thiocarbonyl (C=S) groups is 1. The molecular formula is C13H19N3S2. The SMILES string of the molecule is CCSC1CCCC1Nc1cccnc1C(N)=S. The summed E-state index contributed by atoms with van der Waals surface area (Å²) in [5.74, 6) is 1.16. The van der Waals surface area contributed by atoms with Gasteiger partial charge in [0, 0.05) is 17.5 Å². The van der Waals surface area contributed by atoms with Crippen LogP contribution in [0.4, 0.5) is 5.69 Å². The van der Waals surface area contributed by atoms with Gasteiger partial charge in [-0.15, -0.1) is 0 Å². The zero-order valence-corrected chi connectivity index (χ0v) is 12.2. The van der Waals surface area contributed by atoms with E-state index in [0.717, 1.165) is 11.4 Å². The van der Waals surface area contributed by atoms with Gasteiger partial charge in [-0.25, -0.2) is 0 Å². The lowest BCUT2D eigenvalue weighted by Crippen LogP contribution is -2.28. The summed E-state index contributed by atoms with van der Waals surface area (Å²) in [5.41, 5.74) is 7.38. The summed E-state index contributed by atoms with van der Waals surface area (Å²) in [6.07, 6.45) is 5.52. The molecule has 2 atom stereocenters. The van der Waals surface area contributed by atoms with Gasteiger partial charge >= 0.3 is 0 Å². The van der Waals surface area contributed by atoms with Crippen LogP contribution in [0.2, 0.25) is 0 Å². The van der Waals surface area contributed by atoms with Gasteiger partial charge in [-0.3, -0.25) is 4.98 Å². The highest BCUT2D eigenvalue weighted by molar-refractivity contribution is 7.99. The third kappa shape index (κ3) is 3.14. The molecule has 1 aliphatic carbocycles. The van der Waals surface area contributed by atoms with Gasteiger partial charge in [0.05, 0.1) is 5.69 Å².